The third kappa shape index (κ3) is 5.74. The van der Waals surface area contributed by atoms with Crippen LogP contribution in [0.2, 0.25) is 5.02 Å². The molecule has 4 rings (SSSR count). The van der Waals surface area contributed by atoms with Crippen molar-refractivity contribution in [3.8, 4) is 17.0 Å². The molecule has 10 heteroatoms. The van der Waals surface area contributed by atoms with Gasteiger partial charge in [-0.2, -0.15) is 0 Å². The second-order valence-electron chi connectivity index (χ2n) is 7.09. The number of carbonyl (C=O) groups is 1. The van der Waals surface area contributed by atoms with E-state index in [4.69, 9.17) is 16.3 Å². The van der Waals surface area contributed by atoms with Crippen molar-refractivity contribution in [3.63, 3.8) is 0 Å². The van der Waals surface area contributed by atoms with E-state index in [-0.39, 0.29) is 16.1 Å². The normalized spacial score (nSPS) is 11.1. The lowest BCUT2D eigenvalue weighted by Crippen LogP contribution is -2.15. The Kier molecular flexibility index (Phi) is 7.16. The monoisotopic (exact) mass is 513 g/mol. The van der Waals surface area contributed by atoms with E-state index in [1.54, 1.807) is 18.2 Å². The number of nitrogens with zero attached hydrogens (tertiary/aromatic N) is 1. The van der Waals surface area contributed by atoms with E-state index in [0.717, 1.165) is 17.0 Å². The summed E-state index contributed by atoms with van der Waals surface area (Å²) < 4.78 is 33.1. The minimum Gasteiger partial charge on any atom is -0.494 e. The topological polar surface area (TPSA) is 97.4 Å². The van der Waals surface area contributed by atoms with E-state index in [1.165, 1.54) is 41.7 Å². The fourth-order valence-corrected chi connectivity index (χ4v) is 4.96. The van der Waals surface area contributed by atoms with Crippen molar-refractivity contribution in [2.45, 2.75) is 11.8 Å². The van der Waals surface area contributed by atoms with E-state index < -0.39 is 15.9 Å². The van der Waals surface area contributed by atoms with E-state index in [2.05, 4.69) is 15.0 Å². The van der Waals surface area contributed by atoms with Gasteiger partial charge in [-0.05, 0) is 73.7 Å². The maximum absolute atomic E-state index is 12.7. The molecular weight excluding hydrogens is 494 g/mol. The van der Waals surface area contributed by atoms with Gasteiger partial charge < -0.3 is 4.74 Å². The molecule has 0 aliphatic rings. The molecule has 3 aromatic carbocycles. The van der Waals surface area contributed by atoms with Crippen molar-refractivity contribution in [1.29, 1.82) is 0 Å². The Bertz CT molecular complexity index is 1400. The number of amides is 1. The van der Waals surface area contributed by atoms with Crippen molar-refractivity contribution >= 4 is 49.7 Å². The molecule has 7 nitrogen and oxygen atoms in total. The van der Waals surface area contributed by atoms with E-state index in [0.29, 0.717) is 16.8 Å². The fraction of sp³-hybridized carbons (Fsp3) is 0.0833. The third-order valence-electron chi connectivity index (χ3n) is 4.69. The predicted molar refractivity (Wildman–Crippen MR) is 135 cm³/mol. The Morgan fingerprint density at radius 2 is 1.79 bits per heavy atom. The molecular formula is C24H20ClN3O4S2. The summed E-state index contributed by atoms with van der Waals surface area (Å²) in [6.45, 7) is 2.52. The number of rotatable bonds is 8. The summed E-state index contributed by atoms with van der Waals surface area (Å²) in [5.74, 6) is 0.377. The smallest absolute Gasteiger partial charge is 0.261 e. The van der Waals surface area contributed by atoms with Crippen molar-refractivity contribution in [2.75, 3.05) is 16.6 Å². The first-order valence-electron chi connectivity index (χ1n) is 10.2. The lowest BCUT2D eigenvalue weighted by molar-refractivity contribution is 0.102. The quantitative estimate of drug-likeness (QED) is 0.305. The van der Waals surface area contributed by atoms with Crippen LogP contribution in [-0.2, 0) is 10.0 Å². The molecule has 1 heterocycles. The third-order valence-corrected chi connectivity index (χ3v) is 7.09. The molecule has 0 aliphatic carbocycles. The van der Waals surface area contributed by atoms with Gasteiger partial charge >= 0.3 is 0 Å². The number of benzene rings is 3. The summed E-state index contributed by atoms with van der Waals surface area (Å²) in [7, 11) is -3.83. The first-order valence-corrected chi connectivity index (χ1v) is 13.0. The Hall–Kier alpha value is -3.40. The number of nitrogens with one attached hydrogen (secondary N) is 2. The Morgan fingerprint density at radius 1 is 1.06 bits per heavy atom. The predicted octanol–water partition coefficient (Wildman–Crippen LogP) is 5.92. The highest BCUT2D eigenvalue weighted by Crippen LogP contribution is 2.27. The second-order valence-corrected chi connectivity index (χ2v) is 10.1. The molecule has 34 heavy (non-hydrogen) atoms. The van der Waals surface area contributed by atoms with Crippen LogP contribution in [-0.4, -0.2) is 25.9 Å². The summed E-state index contributed by atoms with van der Waals surface area (Å²) in [6, 6.07) is 19.6. The number of anilines is 2. The SMILES string of the molecule is CCOc1ccc(-c2csc(NC(=O)c3cccc(NS(=O)(=O)c4ccc(Cl)cc4)c3)n2)cc1. The number of halogens is 1. The zero-order chi connectivity index (χ0) is 24.1. The van der Waals surface area contributed by atoms with Crippen LogP contribution in [0.4, 0.5) is 10.8 Å². The number of aromatic nitrogens is 1. The molecule has 0 aliphatic heterocycles. The number of thiazole rings is 1. The molecule has 0 unspecified atom stereocenters. The van der Waals surface area contributed by atoms with Crippen LogP contribution in [0.5, 0.6) is 5.75 Å². The Morgan fingerprint density at radius 3 is 2.50 bits per heavy atom. The van der Waals surface area contributed by atoms with Crippen LogP contribution in [0, 0.1) is 0 Å². The van der Waals surface area contributed by atoms with Gasteiger partial charge in [0.05, 0.1) is 17.2 Å². The van der Waals surface area contributed by atoms with Crippen LogP contribution in [0.25, 0.3) is 11.3 Å². The van der Waals surface area contributed by atoms with Gasteiger partial charge in [0, 0.05) is 27.2 Å². The highest BCUT2D eigenvalue weighted by atomic mass is 35.5. The number of ether oxygens (including phenoxy) is 1. The van der Waals surface area contributed by atoms with Crippen LogP contribution in [0.1, 0.15) is 17.3 Å². The molecule has 2 N–H and O–H groups in total. The van der Waals surface area contributed by atoms with Gasteiger partial charge in [-0.25, -0.2) is 13.4 Å². The number of hydrogen-bond acceptors (Lipinski definition) is 6. The average molecular weight is 514 g/mol. The van der Waals surface area contributed by atoms with Gasteiger partial charge in [-0.3, -0.25) is 14.8 Å². The van der Waals surface area contributed by atoms with Crippen molar-refractivity contribution in [1.82, 2.24) is 4.98 Å². The largest absolute Gasteiger partial charge is 0.494 e. The molecule has 0 saturated heterocycles. The molecule has 0 fully saturated rings. The summed E-state index contributed by atoms with van der Waals surface area (Å²) in [5.41, 5.74) is 2.18. The highest BCUT2D eigenvalue weighted by molar-refractivity contribution is 7.92. The van der Waals surface area contributed by atoms with Crippen molar-refractivity contribution in [3.05, 3.63) is 88.8 Å². The van der Waals surface area contributed by atoms with E-state index in [1.807, 2.05) is 36.6 Å². The molecule has 1 amide bonds. The van der Waals surface area contributed by atoms with Gasteiger partial charge in [0.15, 0.2) is 5.13 Å². The zero-order valence-electron chi connectivity index (χ0n) is 18.0. The maximum atomic E-state index is 12.7. The number of sulfonamides is 1. The van der Waals surface area contributed by atoms with Gasteiger partial charge in [0.2, 0.25) is 0 Å². The van der Waals surface area contributed by atoms with Gasteiger partial charge in [-0.15, -0.1) is 11.3 Å². The summed E-state index contributed by atoms with van der Waals surface area (Å²) in [6.07, 6.45) is 0. The standard InChI is InChI=1S/C24H20ClN3O4S2/c1-2-32-20-10-6-16(7-11-20)22-15-33-24(26-22)27-23(29)17-4-3-5-19(14-17)28-34(30,31)21-12-8-18(25)9-13-21/h3-15,28H,2H2,1H3,(H,26,27,29). The van der Waals surface area contributed by atoms with Crippen molar-refractivity contribution in [2.24, 2.45) is 0 Å². The van der Waals surface area contributed by atoms with Gasteiger partial charge in [0.25, 0.3) is 15.9 Å². The molecule has 0 saturated carbocycles. The summed E-state index contributed by atoms with van der Waals surface area (Å²) in [5, 5.41) is 5.48. The first-order chi connectivity index (χ1) is 16.3. The fourth-order valence-electron chi connectivity index (χ4n) is 3.07. The van der Waals surface area contributed by atoms with Gasteiger partial charge in [0.1, 0.15) is 5.75 Å². The molecule has 0 bridgehead atoms. The maximum Gasteiger partial charge on any atom is 0.261 e. The highest BCUT2D eigenvalue weighted by Gasteiger charge is 2.16. The molecule has 4 aromatic rings. The molecule has 0 atom stereocenters. The van der Waals surface area contributed by atoms with Crippen LogP contribution in [0.15, 0.2) is 83.1 Å². The number of hydrogen-bond donors (Lipinski definition) is 2. The average Bonchev–Trinajstić information content (AvgIpc) is 3.28. The van der Waals surface area contributed by atoms with Crippen LogP contribution >= 0.6 is 22.9 Å². The number of carbonyl (C=O) groups excluding carboxylic acids is 1. The van der Waals surface area contributed by atoms with Gasteiger partial charge in [-0.1, -0.05) is 17.7 Å². The van der Waals surface area contributed by atoms with E-state index >= 15 is 0 Å². The first kappa shape index (κ1) is 23.7. The molecule has 174 valence electrons. The second kappa shape index (κ2) is 10.3. The minimum absolute atomic E-state index is 0.0661. The minimum atomic E-state index is -3.83. The van der Waals surface area contributed by atoms with E-state index in [9.17, 15) is 13.2 Å². The lowest BCUT2D eigenvalue weighted by Gasteiger charge is -2.09. The molecule has 1 aromatic heterocycles. The summed E-state index contributed by atoms with van der Waals surface area (Å²) in [4.78, 5) is 17.3. The lowest BCUT2D eigenvalue weighted by atomic mass is 10.2. The molecule has 0 spiro atoms. The Balaban J connectivity index is 1.45. The zero-order valence-corrected chi connectivity index (χ0v) is 20.4. The molecule has 0 radical (unpaired) electrons. The Labute approximate surface area is 206 Å². The van der Waals surface area contributed by atoms with Crippen molar-refractivity contribution < 1.29 is 17.9 Å². The summed E-state index contributed by atoms with van der Waals surface area (Å²) >= 11 is 7.13. The van der Waals surface area contributed by atoms with Crippen LogP contribution < -0.4 is 14.8 Å². The van der Waals surface area contributed by atoms with Crippen LogP contribution in [0.3, 0.4) is 0 Å².